The summed E-state index contributed by atoms with van der Waals surface area (Å²) in [5.74, 6) is 0.469. The first-order valence-corrected chi connectivity index (χ1v) is 14.1. The number of alkyl halides is 3. The van der Waals surface area contributed by atoms with Crippen LogP contribution in [0.15, 0.2) is 61.3 Å². The zero-order valence-corrected chi connectivity index (χ0v) is 23.2. The Balaban J connectivity index is 1.22. The molecule has 4 aromatic rings. The van der Waals surface area contributed by atoms with E-state index in [0.29, 0.717) is 68.3 Å². The molecule has 6 rings (SSSR count). The Labute approximate surface area is 241 Å². The first kappa shape index (κ1) is 28.0. The Morgan fingerprint density at radius 2 is 1.76 bits per heavy atom. The van der Waals surface area contributed by atoms with Gasteiger partial charge in [0.2, 0.25) is 11.9 Å². The van der Waals surface area contributed by atoms with E-state index in [-0.39, 0.29) is 24.6 Å². The summed E-state index contributed by atoms with van der Waals surface area (Å²) in [5.41, 5.74) is 1.66. The van der Waals surface area contributed by atoms with E-state index in [0.717, 1.165) is 23.0 Å². The Morgan fingerprint density at radius 3 is 2.48 bits per heavy atom. The summed E-state index contributed by atoms with van der Waals surface area (Å²) >= 11 is 0. The summed E-state index contributed by atoms with van der Waals surface area (Å²) in [6.07, 6.45) is 4.86. The summed E-state index contributed by atoms with van der Waals surface area (Å²) in [6.45, 7) is 4.75. The third-order valence-corrected chi connectivity index (χ3v) is 8.19. The molecule has 1 aromatic carbocycles. The van der Waals surface area contributed by atoms with Crippen molar-refractivity contribution < 1.29 is 23.1 Å². The number of anilines is 2. The fourth-order valence-corrected chi connectivity index (χ4v) is 5.86. The van der Waals surface area contributed by atoms with Crippen molar-refractivity contribution in [1.29, 1.82) is 0 Å². The number of carbonyl (C=O) groups is 1. The molecule has 1 unspecified atom stereocenters. The number of carbonyl (C=O) groups excluding carboxylic acids is 1. The summed E-state index contributed by atoms with van der Waals surface area (Å²) in [7, 11) is 0. The van der Waals surface area contributed by atoms with Crippen LogP contribution >= 0.6 is 0 Å². The zero-order valence-electron chi connectivity index (χ0n) is 23.2. The van der Waals surface area contributed by atoms with Crippen molar-refractivity contribution in [2.24, 2.45) is 0 Å². The van der Waals surface area contributed by atoms with Crippen LogP contribution in [0.1, 0.15) is 25.3 Å². The summed E-state index contributed by atoms with van der Waals surface area (Å²) in [5, 5.41) is 10.8. The lowest BCUT2D eigenvalue weighted by molar-refractivity contribution is -0.137. The largest absolute Gasteiger partial charge is 0.416 e. The first-order chi connectivity index (χ1) is 20.2. The van der Waals surface area contributed by atoms with Gasteiger partial charge in [0.25, 0.3) is 0 Å². The number of rotatable bonds is 5. The van der Waals surface area contributed by atoms with Crippen LogP contribution in [-0.2, 0) is 17.5 Å². The van der Waals surface area contributed by atoms with E-state index in [4.69, 9.17) is 0 Å². The van der Waals surface area contributed by atoms with Crippen molar-refractivity contribution in [3.05, 3.63) is 66.9 Å². The zero-order chi connectivity index (χ0) is 29.4. The monoisotopic (exact) mass is 579 g/mol. The number of hydrogen-bond donors (Lipinski definition) is 1. The molecular weight excluding hydrogens is 547 g/mol. The molecule has 2 fully saturated rings. The normalized spacial score (nSPS) is 18.6. The summed E-state index contributed by atoms with van der Waals surface area (Å²) < 4.78 is 43.1. The second kappa shape index (κ2) is 11.2. The van der Waals surface area contributed by atoms with E-state index in [1.807, 2.05) is 44.5 Å². The molecule has 1 atom stereocenters. The van der Waals surface area contributed by atoms with Gasteiger partial charge in [0.05, 0.1) is 23.4 Å². The maximum absolute atomic E-state index is 13.7. The van der Waals surface area contributed by atoms with E-state index in [1.165, 1.54) is 6.07 Å². The summed E-state index contributed by atoms with van der Waals surface area (Å²) in [6, 6.07) is 7.44. The SMILES string of the molecule is CC1CN(c2ccc(C(F)(F)F)cc2-c2cnc(N3CCC(O)CC3)nc2)CCN1C(=O)Cn1ccc2ccncc21. The quantitative estimate of drug-likeness (QED) is 0.379. The number of piperazine rings is 1. The number of aliphatic hydroxyl groups is 1. The molecule has 2 aliphatic heterocycles. The third kappa shape index (κ3) is 5.63. The molecule has 0 aliphatic carbocycles. The van der Waals surface area contributed by atoms with Gasteiger partial charge in [-0.05, 0) is 50.1 Å². The predicted octanol–water partition coefficient (Wildman–Crippen LogP) is 4.21. The van der Waals surface area contributed by atoms with Crippen LogP contribution in [0, 0.1) is 0 Å². The minimum atomic E-state index is -4.50. The molecule has 1 amide bonds. The second-order valence-corrected chi connectivity index (χ2v) is 11.0. The molecule has 9 nitrogen and oxygen atoms in total. The topological polar surface area (TPSA) is 90.6 Å². The van der Waals surface area contributed by atoms with Crippen LogP contribution in [0.3, 0.4) is 0 Å². The van der Waals surface area contributed by atoms with Crippen LogP contribution in [0.25, 0.3) is 22.0 Å². The van der Waals surface area contributed by atoms with Crippen molar-refractivity contribution >= 4 is 28.4 Å². The van der Waals surface area contributed by atoms with Gasteiger partial charge >= 0.3 is 6.18 Å². The van der Waals surface area contributed by atoms with Crippen molar-refractivity contribution in [2.75, 3.05) is 42.5 Å². The molecule has 220 valence electrons. The fraction of sp³-hybridized carbons (Fsp3) is 0.400. The standard InChI is InChI=1S/C30H32F3N7O2/c1-20-18-39(12-13-40(20)28(42)19-38-9-5-21-4-8-34-17-27(21)38)26-3-2-23(30(31,32)33)14-25(26)22-15-35-29(36-16-22)37-10-6-24(41)7-11-37/h2-5,8-9,14-17,20,24,41H,6-7,10-13,18-19H2,1H3. The van der Waals surface area contributed by atoms with Gasteiger partial charge in [-0.3, -0.25) is 9.78 Å². The third-order valence-electron chi connectivity index (χ3n) is 8.19. The van der Waals surface area contributed by atoms with Gasteiger partial charge in [0, 0.05) is 85.8 Å². The van der Waals surface area contributed by atoms with E-state index < -0.39 is 11.7 Å². The van der Waals surface area contributed by atoms with Crippen molar-refractivity contribution in [2.45, 2.75) is 44.6 Å². The van der Waals surface area contributed by atoms with Gasteiger partial charge in [-0.1, -0.05) is 0 Å². The van der Waals surface area contributed by atoms with Crippen LogP contribution in [0.2, 0.25) is 0 Å². The van der Waals surface area contributed by atoms with Crippen molar-refractivity contribution in [1.82, 2.24) is 24.4 Å². The maximum atomic E-state index is 13.7. The highest BCUT2D eigenvalue weighted by atomic mass is 19.4. The Hall–Kier alpha value is -4.19. The molecule has 0 radical (unpaired) electrons. The molecule has 0 bridgehead atoms. The molecular formula is C30H32F3N7O2. The number of fused-ring (bicyclic) bond motifs is 1. The summed E-state index contributed by atoms with van der Waals surface area (Å²) in [4.78, 5) is 32.2. The lowest BCUT2D eigenvalue weighted by atomic mass is 10.0. The van der Waals surface area contributed by atoms with E-state index in [1.54, 1.807) is 24.8 Å². The van der Waals surface area contributed by atoms with Gasteiger partial charge < -0.3 is 24.4 Å². The lowest BCUT2D eigenvalue weighted by Gasteiger charge is -2.41. The number of nitrogens with zero attached hydrogens (tertiary/aromatic N) is 7. The average molecular weight is 580 g/mol. The number of hydrogen-bond acceptors (Lipinski definition) is 7. The maximum Gasteiger partial charge on any atom is 0.416 e. The number of benzene rings is 1. The molecule has 0 spiro atoms. The number of halogens is 3. The Bertz CT molecular complexity index is 1570. The van der Waals surface area contributed by atoms with Gasteiger partial charge in [-0.2, -0.15) is 13.2 Å². The molecule has 42 heavy (non-hydrogen) atoms. The first-order valence-electron chi connectivity index (χ1n) is 14.1. The van der Waals surface area contributed by atoms with Crippen molar-refractivity contribution in [3.63, 3.8) is 0 Å². The van der Waals surface area contributed by atoms with Gasteiger partial charge in [0.15, 0.2) is 0 Å². The lowest BCUT2D eigenvalue weighted by Crippen LogP contribution is -2.54. The number of pyridine rings is 1. The van der Waals surface area contributed by atoms with Crippen molar-refractivity contribution in [3.8, 4) is 11.1 Å². The number of amides is 1. The molecule has 12 heteroatoms. The smallest absolute Gasteiger partial charge is 0.393 e. The Kier molecular flexibility index (Phi) is 7.48. The van der Waals surface area contributed by atoms with E-state index >= 15 is 0 Å². The minimum absolute atomic E-state index is 0.0228. The predicted molar refractivity (Wildman–Crippen MR) is 153 cm³/mol. The highest BCUT2D eigenvalue weighted by Crippen LogP contribution is 2.38. The molecule has 1 N–H and O–H groups in total. The average Bonchev–Trinajstić information content (AvgIpc) is 3.39. The van der Waals surface area contributed by atoms with Crippen LogP contribution < -0.4 is 9.80 Å². The fourth-order valence-electron chi connectivity index (χ4n) is 5.86. The molecule has 2 aliphatic rings. The van der Waals surface area contributed by atoms with Gasteiger partial charge in [-0.15, -0.1) is 0 Å². The van der Waals surface area contributed by atoms with Crippen LogP contribution in [0.5, 0.6) is 0 Å². The molecule has 2 saturated heterocycles. The highest BCUT2D eigenvalue weighted by Gasteiger charge is 2.33. The molecule has 5 heterocycles. The number of piperidine rings is 1. The van der Waals surface area contributed by atoms with E-state index in [9.17, 15) is 23.1 Å². The number of aliphatic hydroxyl groups excluding tert-OH is 1. The van der Waals surface area contributed by atoms with E-state index in [2.05, 4.69) is 15.0 Å². The molecule has 3 aromatic heterocycles. The highest BCUT2D eigenvalue weighted by molar-refractivity contribution is 5.83. The minimum Gasteiger partial charge on any atom is -0.393 e. The second-order valence-electron chi connectivity index (χ2n) is 11.0. The Morgan fingerprint density at radius 1 is 1.00 bits per heavy atom. The van der Waals surface area contributed by atoms with Crippen LogP contribution in [0.4, 0.5) is 24.8 Å². The number of aromatic nitrogens is 4. The van der Waals surface area contributed by atoms with Gasteiger partial charge in [0.1, 0.15) is 6.54 Å². The molecule has 0 saturated carbocycles. The van der Waals surface area contributed by atoms with Gasteiger partial charge in [-0.25, -0.2) is 9.97 Å². The van der Waals surface area contributed by atoms with Crippen LogP contribution in [-0.4, -0.2) is 80.3 Å².